The van der Waals surface area contributed by atoms with Crippen LogP contribution in [0.1, 0.15) is 24.2 Å². The quantitative estimate of drug-likeness (QED) is 0.794. The van der Waals surface area contributed by atoms with Gasteiger partial charge in [0.05, 0.1) is 6.10 Å². The van der Waals surface area contributed by atoms with E-state index < -0.39 is 6.10 Å². The van der Waals surface area contributed by atoms with Gasteiger partial charge in [-0.1, -0.05) is 19.1 Å². The maximum Gasteiger partial charge on any atom is 0.0934 e. The van der Waals surface area contributed by atoms with E-state index in [1.54, 1.807) is 0 Å². The molecule has 1 aromatic carbocycles. The van der Waals surface area contributed by atoms with Gasteiger partial charge in [-0.05, 0) is 25.1 Å². The molecule has 1 aromatic rings. The lowest BCUT2D eigenvalue weighted by Gasteiger charge is -2.21. The zero-order valence-corrected chi connectivity index (χ0v) is 10.6. The van der Waals surface area contributed by atoms with Crippen molar-refractivity contribution >= 4 is 5.69 Å². The first-order valence-corrected chi connectivity index (χ1v) is 5.73. The van der Waals surface area contributed by atoms with Gasteiger partial charge in [-0.25, -0.2) is 0 Å². The Morgan fingerprint density at radius 1 is 1.38 bits per heavy atom. The number of aliphatic hydroxyl groups is 1. The van der Waals surface area contributed by atoms with Gasteiger partial charge >= 0.3 is 0 Å². The van der Waals surface area contributed by atoms with Gasteiger partial charge < -0.3 is 15.3 Å². The van der Waals surface area contributed by atoms with Crippen molar-refractivity contribution < 1.29 is 5.11 Å². The smallest absolute Gasteiger partial charge is 0.0934 e. The van der Waals surface area contributed by atoms with Crippen LogP contribution in [0.25, 0.3) is 0 Å². The number of hydrogen-bond acceptors (Lipinski definition) is 3. The summed E-state index contributed by atoms with van der Waals surface area (Å²) in [5.41, 5.74) is 3.34. The van der Waals surface area contributed by atoms with Crippen molar-refractivity contribution in [2.24, 2.45) is 0 Å². The number of benzene rings is 1. The van der Waals surface area contributed by atoms with Gasteiger partial charge in [-0.3, -0.25) is 0 Å². The maximum atomic E-state index is 10.1. The van der Waals surface area contributed by atoms with Crippen molar-refractivity contribution in [3.05, 3.63) is 29.3 Å². The van der Waals surface area contributed by atoms with Gasteiger partial charge in [0.15, 0.2) is 0 Å². The highest BCUT2D eigenvalue weighted by molar-refractivity contribution is 5.55. The molecule has 1 unspecified atom stereocenters. The van der Waals surface area contributed by atoms with Crippen molar-refractivity contribution in [1.82, 2.24) is 5.32 Å². The molecule has 1 rings (SSSR count). The lowest BCUT2D eigenvalue weighted by Crippen LogP contribution is -2.20. The Bertz CT molecular complexity index is 337. The zero-order valence-electron chi connectivity index (χ0n) is 10.6. The van der Waals surface area contributed by atoms with Crippen LogP contribution in [-0.4, -0.2) is 32.8 Å². The molecule has 0 bridgehead atoms. The molecule has 2 N–H and O–H groups in total. The van der Waals surface area contributed by atoms with Crippen LogP contribution in [0.2, 0.25) is 0 Å². The predicted molar refractivity (Wildman–Crippen MR) is 69.0 cm³/mol. The lowest BCUT2D eigenvalue weighted by molar-refractivity contribution is 0.178. The molecule has 0 aliphatic carbocycles. The average Bonchev–Trinajstić information content (AvgIpc) is 2.28. The SMILES string of the molecule is CCc1ccc(N(C)C)c(C(O)CNC)c1. The largest absolute Gasteiger partial charge is 0.387 e. The van der Waals surface area contributed by atoms with E-state index in [9.17, 15) is 5.11 Å². The molecule has 3 heteroatoms. The van der Waals surface area contributed by atoms with Crippen LogP contribution >= 0.6 is 0 Å². The molecule has 0 aliphatic heterocycles. The van der Waals surface area contributed by atoms with Gasteiger partial charge in [0.25, 0.3) is 0 Å². The fourth-order valence-electron chi connectivity index (χ4n) is 1.80. The van der Waals surface area contributed by atoms with Crippen LogP contribution in [0, 0.1) is 0 Å². The van der Waals surface area contributed by atoms with E-state index in [1.807, 2.05) is 26.0 Å². The molecule has 0 fully saturated rings. The summed E-state index contributed by atoms with van der Waals surface area (Å²) in [6, 6.07) is 6.29. The van der Waals surface area contributed by atoms with Crippen LogP contribution < -0.4 is 10.2 Å². The number of aliphatic hydroxyl groups excluding tert-OH is 1. The topological polar surface area (TPSA) is 35.5 Å². The average molecular weight is 222 g/mol. The highest BCUT2D eigenvalue weighted by Crippen LogP contribution is 2.26. The highest BCUT2D eigenvalue weighted by Gasteiger charge is 2.13. The second-order valence-corrected chi connectivity index (χ2v) is 4.21. The summed E-state index contributed by atoms with van der Waals surface area (Å²) in [5.74, 6) is 0. The summed E-state index contributed by atoms with van der Waals surface area (Å²) in [5, 5.41) is 13.1. The first-order valence-electron chi connectivity index (χ1n) is 5.73. The first kappa shape index (κ1) is 13.0. The van der Waals surface area contributed by atoms with Crippen molar-refractivity contribution in [3.63, 3.8) is 0 Å². The van der Waals surface area contributed by atoms with E-state index in [2.05, 4.69) is 30.4 Å². The minimum atomic E-state index is -0.450. The van der Waals surface area contributed by atoms with E-state index >= 15 is 0 Å². The Balaban J connectivity index is 3.09. The zero-order chi connectivity index (χ0) is 12.1. The number of anilines is 1. The Labute approximate surface area is 98.1 Å². The predicted octanol–water partition coefficient (Wildman–Crippen LogP) is 1.57. The number of nitrogens with zero attached hydrogens (tertiary/aromatic N) is 1. The highest BCUT2D eigenvalue weighted by atomic mass is 16.3. The molecular weight excluding hydrogens is 200 g/mol. The fraction of sp³-hybridized carbons (Fsp3) is 0.538. The van der Waals surface area contributed by atoms with E-state index in [1.165, 1.54) is 5.56 Å². The van der Waals surface area contributed by atoms with Gasteiger partial charge in [0, 0.05) is 31.9 Å². The molecule has 0 spiro atoms. The number of aryl methyl sites for hydroxylation is 1. The lowest BCUT2D eigenvalue weighted by atomic mass is 10.0. The third kappa shape index (κ3) is 2.97. The molecule has 1 atom stereocenters. The van der Waals surface area contributed by atoms with Crippen molar-refractivity contribution in [2.75, 3.05) is 32.6 Å². The molecule has 90 valence electrons. The standard InChI is InChI=1S/C13H22N2O/c1-5-10-6-7-12(15(3)4)11(8-10)13(16)9-14-2/h6-8,13-14,16H,5,9H2,1-4H3. The molecule has 0 saturated heterocycles. The molecule has 0 radical (unpaired) electrons. The van der Waals surface area contributed by atoms with E-state index in [-0.39, 0.29) is 0 Å². The number of rotatable bonds is 5. The molecule has 0 aromatic heterocycles. The Hall–Kier alpha value is -1.06. The van der Waals surface area contributed by atoms with Crippen LogP contribution in [0.5, 0.6) is 0 Å². The third-order valence-electron chi connectivity index (χ3n) is 2.74. The summed E-state index contributed by atoms with van der Waals surface area (Å²) in [4.78, 5) is 2.04. The van der Waals surface area contributed by atoms with E-state index in [0.29, 0.717) is 6.54 Å². The fourth-order valence-corrected chi connectivity index (χ4v) is 1.80. The molecular formula is C13H22N2O. The van der Waals surface area contributed by atoms with Crippen molar-refractivity contribution in [3.8, 4) is 0 Å². The first-order chi connectivity index (χ1) is 7.60. The second-order valence-electron chi connectivity index (χ2n) is 4.21. The molecule has 3 nitrogen and oxygen atoms in total. The maximum absolute atomic E-state index is 10.1. The Kier molecular flexibility index (Phi) is 4.77. The van der Waals surface area contributed by atoms with Crippen molar-refractivity contribution in [2.45, 2.75) is 19.4 Å². The molecule has 0 aliphatic rings. The van der Waals surface area contributed by atoms with Crippen LogP contribution in [0.15, 0.2) is 18.2 Å². The minimum absolute atomic E-state index is 0.450. The van der Waals surface area contributed by atoms with E-state index in [4.69, 9.17) is 0 Å². The summed E-state index contributed by atoms with van der Waals surface area (Å²) in [7, 11) is 5.84. The normalized spacial score (nSPS) is 12.6. The Morgan fingerprint density at radius 2 is 2.06 bits per heavy atom. The monoisotopic (exact) mass is 222 g/mol. The van der Waals surface area contributed by atoms with Gasteiger partial charge in [0.2, 0.25) is 0 Å². The molecule has 16 heavy (non-hydrogen) atoms. The van der Waals surface area contributed by atoms with Gasteiger partial charge in [-0.15, -0.1) is 0 Å². The molecule has 0 heterocycles. The third-order valence-corrected chi connectivity index (χ3v) is 2.74. The van der Waals surface area contributed by atoms with Crippen LogP contribution in [0.4, 0.5) is 5.69 Å². The number of nitrogens with one attached hydrogen (secondary N) is 1. The molecule has 0 amide bonds. The van der Waals surface area contributed by atoms with Crippen LogP contribution in [0.3, 0.4) is 0 Å². The summed E-state index contributed by atoms with van der Waals surface area (Å²) in [6.45, 7) is 2.70. The van der Waals surface area contributed by atoms with Gasteiger partial charge in [-0.2, -0.15) is 0 Å². The van der Waals surface area contributed by atoms with Gasteiger partial charge in [0.1, 0.15) is 0 Å². The summed E-state index contributed by atoms with van der Waals surface area (Å²) >= 11 is 0. The molecule has 0 saturated carbocycles. The second kappa shape index (κ2) is 5.87. The van der Waals surface area contributed by atoms with Crippen LogP contribution in [-0.2, 0) is 6.42 Å². The summed E-state index contributed by atoms with van der Waals surface area (Å²) in [6.07, 6.45) is 0.543. The number of hydrogen-bond donors (Lipinski definition) is 2. The minimum Gasteiger partial charge on any atom is -0.387 e. The number of likely N-dealkylation sites (N-methyl/N-ethyl adjacent to an activating group) is 1. The van der Waals surface area contributed by atoms with Crippen molar-refractivity contribution in [1.29, 1.82) is 0 Å². The Morgan fingerprint density at radius 3 is 2.56 bits per heavy atom. The summed E-state index contributed by atoms with van der Waals surface area (Å²) < 4.78 is 0. The van der Waals surface area contributed by atoms with E-state index in [0.717, 1.165) is 17.7 Å².